The zero-order valence-corrected chi connectivity index (χ0v) is 27.0. The second kappa shape index (κ2) is 13.1. The molecule has 38 heavy (non-hydrogen) atoms. The van der Waals surface area contributed by atoms with Crippen molar-refractivity contribution in [3.63, 3.8) is 0 Å². The maximum atomic E-state index is 12.4. The van der Waals surface area contributed by atoms with Crippen LogP contribution < -0.4 is 0 Å². The molecule has 2 aliphatic rings. The summed E-state index contributed by atoms with van der Waals surface area (Å²) in [5.74, 6) is -0.318. The van der Waals surface area contributed by atoms with Gasteiger partial charge in [-0.2, -0.15) is 0 Å². The van der Waals surface area contributed by atoms with Crippen LogP contribution in [0.2, 0.25) is 0 Å². The molecule has 0 N–H and O–H groups in total. The minimum atomic E-state index is -0.344. The Morgan fingerprint density at radius 3 is 1.79 bits per heavy atom. The van der Waals surface area contributed by atoms with Crippen molar-refractivity contribution in [3.05, 3.63) is 24.8 Å². The Morgan fingerprint density at radius 1 is 0.868 bits per heavy atom. The van der Waals surface area contributed by atoms with Crippen LogP contribution in [0.25, 0.3) is 0 Å². The fourth-order valence-electron chi connectivity index (χ4n) is 6.78. The molecule has 2 aliphatic heterocycles. The van der Waals surface area contributed by atoms with Gasteiger partial charge in [-0.3, -0.25) is 0 Å². The first kappa shape index (κ1) is 33.2. The first-order valence-electron chi connectivity index (χ1n) is 14.3. The van der Waals surface area contributed by atoms with Gasteiger partial charge in [-0.25, -0.2) is 18.2 Å². The Hall–Kier alpha value is -0.960. The van der Waals surface area contributed by atoms with Crippen molar-refractivity contribution in [1.29, 1.82) is 0 Å². The van der Waals surface area contributed by atoms with Crippen LogP contribution in [-0.4, -0.2) is 55.4 Å². The summed E-state index contributed by atoms with van der Waals surface area (Å²) >= 11 is 0. The number of esters is 2. The van der Waals surface area contributed by atoms with E-state index in [1.165, 1.54) is 6.08 Å². The molecule has 0 bridgehead atoms. The van der Waals surface area contributed by atoms with E-state index in [1.807, 2.05) is 22.0 Å². The average molecular weight is 569 g/mol. The molecule has 6 nitrogen and oxygen atoms in total. The van der Waals surface area contributed by atoms with E-state index < -0.39 is 0 Å². The molecule has 0 saturated carbocycles. The third-order valence-corrected chi connectivity index (χ3v) is 12.0. The number of carbonyl (C=O) groups excluding carboxylic acids is 2. The van der Waals surface area contributed by atoms with Gasteiger partial charge in [0.05, 0.1) is 6.61 Å². The van der Waals surface area contributed by atoms with Gasteiger partial charge < -0.3 is 9.47 Å². The molecule has 0 aromatic carbocycles. The van der Waals surface area contributed by atoms with Crippen LogP contribution in [0.4, 0.5) is 0 Å². The molecule has 0 aromatic heterocycles. The monoisotopic (exact) mass is 568 g/mol. The maximum absolute atomic E-state index is 12.4. The highest BCUT2D eigenvalue weighted by atomic mass is 33.1. The van der Waals surface area contributed by atoms with Gasteiger partial charge in [-0.1, -0.05) is 40.9 Å². The Balaban J connectivity index is 2.30. The molecule has 2 rings (SSSR count). The third-order valence-electron chi connectivity index (χ3n) is 8.82. The summed E-state index contributed by atoms with van der Waals surface area (Å²) in [6.45, 7) is 27.7. The molecular formula is C30H52N2O4S2. The van der Waals surface area contributed by atoms with Gasteiger partial charge in [0.15, 0.2) is 0 Å². The molecule has 2 heterocycles. The normalized spacial score (nSPS) is 26.3. The van der Waals surface area contributed by atoms with Crippen LogP contribution in [-0.2, 0) is 19.1 Å². The van der Waals surface area contributed by atoms with Crippen LogP contribution >= 0.6 is 22.0 Å². The van der Waals surface area contributed by atoms with Gasteiger partial charge in [0.25, 0.3) is 0 Å². The van der Waals surface area contributed by atoms with Crippen LogP contribution in [0.3, 0.4) is 0 Å². The van der Waals surface area contributed by atoms with E-state index in [9.17, 15) is 9.59 Å². The van der Waals surface area contributed by atoms with E-state index in [1.54, 1.807) is 6.92 Å². The Bertz CT molecular complexity index is 864. The van der Waals surface area contributed by atoms with E-state index in [2.05, 4.69) is 77.2 Å². The number of piperidine rings is 2. The molecule has 0 spiro atoms. The minimum absolute atomic E-state index is 0.00520. The molecular weight excluding hydrogens is 516 g/mol. The van der Waals surface area contributed by atoms with Crippen LogP contribution in [0.5, 0.6) is 0 Å². The molecule has 0 amide bonds. The first-order chi connectivity index (χ1) is 17.7. The van der Waals surface area contributed by atoms with Gasteiger partial charge in [0.2, 0.25) is 0 Å². The summed E-state index contributed by atoms with van der Waals surface area (Å²) in [7, 11) is 3.76. The van der Waals surface area contributed by atoms with Crippen molar-refractivity contribution >= 4 is 33.9 Å². The molecule has 8 heteroatoms. The number of hydrogen-bond acceptors (Lipinski definition) is 8. The van der Waals surface area contributed by atoms with Crippen LogP contribution in [0, 0.1) is 5.92 Å². The van der Waals surface area contributed by atoms with Crippen molar-refractivity contribution in [2.45, 2.75) is 142 Å². The maximum Gasteiger partial charge on any atom is 0.333 e. The standard InChI is InChI=1S/C30H52N2O4S2/c1-12-25(33)35-21-23-17-27(8,9)31(29(13-2,14-3)18-23)37-38-32-28(10,11)19-24(36-26(34)22(6)7)20-30(32,15-4)16-5/h12,23-24H,1,6,13-21H2,2-5,7-11H3. The smallest absolute Gasteiger partial charge is 0.333 e. The highest BCUT2D eigenvalue weighted by molar-refractivity contribution is 8.74. The lowest BCUT2D eigenvalue weighted by molar-refractivity contribution is -0.152. The summed E-state index contributed by atoms with van der Waals surface area (Å²) in [4.78, 5) is 24.1. The van der Waals surface area contributed by atoms with E-state index in [-0.39, 0.29) is 40.2 Å². The van der Waals surface area contributed by atoms with E-state index >= 15 is 0 Å². The number of rotatable bonds is 12. The zero-order valence-electron chi connectivity index (χ0n) is 25.4. The second-order valence-corrected chi connectivity index (χ2v) is 14.5. The minimum Gasteiger partial charge on any atom is -0.462 e. The lowest BCUT2D eigenvalue weighted by Crippen LogP contribution is -2.62. The van der Waals surface area contributed by atoms with Crippen LogP contribution in [0.1, 0.15) is 114 Å². The van der Waals surface area contributed by atoms with Gasteiger partial charge in [-0.05, 0) is 79.1 Å². The van der Waals surface area contributed by atoms with Gasteiger partial charge in [0.1, 0.15) is 6.10 Å². The Kier molecular flexibility index (Phi) is 11.5. The Morgan fingerprint density at radius 2 is 1.34 bits per heavy atom. The molecule has 0 radical (unpaired) electrons. The molecule has 2 atom stereocenters. The summed E-state index contributed by atoms with van der Waals surface area (Å²) in [5.41, 5.74) is 0.139. The van der Waals surface area contributed by atoms with Crippen molar-refractivity contribution in [2.75, 3.05) is 6.61 Å². The second-order valence-electron chi connectivity index (χ2n) is 12.5. The van der Waals surface area contributed by atoms with Crippen molar-refractivity contribution in [3.8, 4) is 0 Å². The predicted octanol–water partition coefficient (Wildman–Crippen LogP) is 7.90. The van der Waals surface area contributed by atoms with Crippen molar-refractivity contribution < 1.29 is 19.1 Å². The molecule has 2 fully saturated rings. The van der Waals surface area contributed by atoms with Gasteiger partial charge in [-0.15, -0.1) is 0 Å². The average Bonchev–Trinajstić information content (AvgIpc) is 2.85. The molecule has 2 unspecified atom stereocenters. The van der Waals surface area contributed by atoms with Crippen molar-refractivity contribution in [1.82, 2.24) is 8.61 Å². The zero-order chi connectivity index (χ0) is 28.9. The summed E-state index contributed by atoms with van der Waals surface area (Å²) in [6.07, 6.45) is 8.71. The van der Waals surface area contributed by atoms with E-state index in [0.717, 1.165) is 51.4 Å². The third kappa shape index (κ3) is 7.21. The van der Waals surface area contributed by atoms with E-state index in [4.69, 9.17) is 9.47 Å². The number of hydrogen-bond donors (Lipinski definition) is 0. The number of nitrogens with zero attached hydrogens (tertiary/aromatic N) is 2. The molecule has 2 saturated heterocycles. The van der Waals surface area contributed by atoms with Gasteiger partial charge >= 0.3 is 11.9 Å². The Labute approximate surface area is 240 Å². The summed E-state index contributed by atoms with van der Waals surface area (Å²) in [5, 5.41) is 0. The van der Waals surface area contributed by atoms with Crippen LogP contribution in [0.15, 0.2) is 24.8 Å². The first-order valence-corrected chi connectivity index (χ1v) is 16.3. The molecule has 0 aromatic rings. The lowest BCUT2D eigenvalue weighted by Gasteiger charge is -2.59. The van der Waals surface area contributed by atoms with E-state index in [0.29, 0.717) is 18.1 Å². The highest BCUT2D eigenvalue weighted by Gasteiger charge is 2.53. The lowest BCUT2D eigenvalue weighted by atomic mass is 9.72. The predicted molar refractivity (Wildman–Crippen MR) is 161 cm³/mol. The summed E-state index contributed by atoms with van der Waals surface area (Å²) in [6, 6.07) is 0. The van der Waals surface area contributed by atoms with Crippen molar-refractivity contribution in [2.24, 2.45) is 5.92 Å². The quantitative estimate of drug-likeness (QED) is 0.102. The topological polar surface area (TPSA) is 59.1 Å². The largest absolute Gasteiger partial charge is 0.462 e. The fourth-order valence-corrected chi connectivity index (χ4v) is 11.0. The molecule has 218 valence electrons. The highest BCUT2D eigenvalue weighted by Crippen LogP contribution is 2.56. The fraction of sp³-hybridized carbons (Fsp3) is 0.800. The number of ether oxygens (including phenoxy) is 2. The molecule has 0 aliphatic carbocycles. The summed E-state index contributed by atoms with van der Waals surface area (Å²) < 4.78 is 16.7. The SMILES string of the molecule is C=CC(=O)OCC1CC(C)(C)N(SSN2C(C)(C)CC(OC(=O)C(=C)C)CC2(CC)CC)C(CC)(CC)C1. The number of carbonyl (C=O) groups is 2. The van der Waals surface area contributed by atoms with Gasteiger partial charge in [0, 0.05) is 68.6 Å².